The Labute approximate surface area is 267 Å². The van der Waals surface area contributed by atoms with Gasteiger partial charge in [-0.05, 0) is 89.6 Å². The van der Waals surface area contributed by atoms with Crippen molar-refractivity contribution in [3.05, 3.63) is 157 Å². The first-order chi connectivity index (χ1) is 22.6. The van der Waals surface area contributed by atoms with Crippen LogP contribution in [0.1, 0.15) is 25.0 Å². The van der Waals surface area contributed by atoms with Crippen LogP contribution in [0.25, 0.3) is 87.6 Å². The van der Waals surface area contributed by atoms with Gasteiger partial charge < -0.3 is 4.42 Å². The van der Waals surface area contributed by atoms with Crippen LogP contribution in [0.4, 0.5) is 0 Å². The molecule has 9 aromatic rings. The van der Waals surface area contributed by atoms with Gasteiger partial charge in [-0.3, -0.25) is 0 Å². The van der Waals surface area contributed by atoms with Gasteiger partial charge in [0, 0.05) is 21.6 Å². The molecule has 0 saturated heterocycles. The van der Waals surface area contributed by atoms with Crippen LogP contribution >= 0.6 is 0 Å². The molecular formula is C45H30O. The van der Waals surface area contributed by atoms with Crippen LogP contribution < -0.4 is 0 Å². The third kappa shape index (κ3) is 3.30. The van der Waals surface area contributed by atoms with E-state index in [-0.39, 0.29) is 5.41 Å². The first-order valence-electron chi connectivity index (χ1n) is 16.1. The second-order valence-corrected chi connectivity index (χ2v) is 13.2. The summed E-state index contributed by atoms with van der Waals surface area (Å²) in [6.07, 6.45) is 0. The van der Waals surface area contributed by atoms with E-state index in [0.29, 0.717) is 0 Å². The van der Waals surface area contributed by atoms with Crippen LogP contribution in [0.2, 0.25) is 0 Å². The fraction of sp³-hybridized carbons (Fsp3) is 0.0667. The lowest BCUT2D eigenvalue weighted by molar-refractivity contribution is 0.662. The van der Waals surface area contributed by atoms with Crippen molar-refractivity contribution in [1.29, 1.82) is 0 Å². The molecule has 1 nitrogen and oxygen atoms in total. The van der Waals surface area contributed by atoms with Gasteiger partial charge in [-0.25, -0.2) is 0 Å². The summed E-state index contributed by atoms with van der Waals surface area (Å²) < 4.78 is 6.71. The topological polar surface area (TPSA) is 13.1 Å². The molecular weight excluding hydrogens is 556 g/mol. The quantitative estimate of drug-likeness (QED) is 0.184. The zero-order valence-electron chi connectivity index (χ0n) is 25.8. The Morgan fingerprint density at radius 3 is 1.67 bits per heavy atom. The van der Waals surface area contributed by atoms with Gasteiger partial charge in [0.1, 0.15) is 11.2 Å². The highest BCUT2D eigenvalue weighted by atomic mass is 16.3. The van der Waals surface area contributed by atoms with Crippen LogP contribution in [0.3, 0.4) is 0 Å². The van der Waals surface area contributed by atoms with Crippen molar-refractivity contribution in [3.63, 3.8) is 0 Å². The summed E-state index contributed by atoms with van der Waals surface area (Å²) in [6, 6.07) is 53.2. The van der Waals surface area contributed by atoms with Crippen molar-refractivity contribution in [1.82, 2.24) is 0 Å². The molecule has 0 spiro atoms. The Hall–Kier alpha value is -5.66. The van der Waals surface area contributed by atoms with Crippen LogP contribution in [0.5, 0.6) is 0 Å². The van der Waals surface area contributed by atoms with E-state index in [1.54, 1.807) is 0 Å². The molecule has 8 aromatic carbocycles. The molecule has 0 fully saturated rings. The molecule has 10 rings (SSSR count). The molecule has 0 aliphatic heterocycles. The number of rotatable bonds is 2. The van der Waals surface area contributed by atoms with Crippen LogP contribution in [-0.2, 0) is 5.41 Å². The molecule has 46 heavy (non-hydrogen) atoms. The SMILES string of the molecule is CC1(C)c2ccccc2-c2c1c(-c1c3ccccc3c(-c3ccccc3)c3ccccc13)cc1c2ccc2c3ccccc3oc12. The van der Waals surface area contributed by atoms with Crippen molar-refractivity contribution < 1.29 is 4.42 Å². The Morgan fingerprint density at radius 2 is 0.957 bits per heavy atom. The normalized spacial score (nSPS) is 13.6. The Kier molecular flexibility index (Phi) is 5.12. The van der Waals surface area contributed by atoms with Gasteiger partial charge in [-0.1, -0.05) is 141 Å². The molecule has 1 aliphatic rings. The van der Waals surface area contributed by atoms with Crippen molar-refractivity contribution in [3.8, 4) is 33.4 Å². The van der Waals surface area contributed by atoms with Gasteiger partial charge in [0.15, 0.2) is 0 Å². The van der Waals surface area contributed by atoms with Gasteiger partial charge in [0.05, 0.1) is 0 Å². The maximum atomic E-state index is 6.71. The summed E-state index contributed by atoms with van der Waals surface area (Å²) in [5.41, 5.74) is 12.2. The van der Waals surface area contributed by atoms with Gasteiger partial charge in [-0.15, -0.1) is 0 Å². The Morgan fingerprint density at radius 1 is 0.413 bits per heavy atom. The Balaban J connectivity index is 1.45. The molecule has 216 valence electrons. The second kappa shape index (κ2) is 9.19. The summed E-state index contributed by atoms with van der Waals surface area (Å²) in [5.74, 6) is 0. The summed E-state index contributed by atoms with van der Waals surface area (Å²) in [6.45, 7) is 4.80. The van der Waals surface area contributed by atoms with E-state index in [4.69, 9.17) is 4.42 Å². The van der Waals surface area contributed by atoms with Crippen LogP contribution in [0, 0.1) is 0 Å². The lowest BCUT2D eigenvalue weighted by Crippen LogP contribution is -2.16. The number of para-hydroxylation sites is 1. The van der Waals surface area contributed by atoms with Crippen molar-refractivity contribution in [2.24, 2.45) is 0 Å². The minimum Gasteiger partial charge on any atom is -0.455 e. The van der Waals surface area contributed by atoms with E-state index in [1.807, 2.05) is 0 Å². The van der Waals surface area contributed by atoms with E-state index in [2.05, 4.69) is 159 Å². The zero-order valence-corrected chi connectivity index (χ0v) is 25.8. The summed E-state index contributed by atoms with van der Waals surface area (Å²) in [4.78, 5) is 0. The summed E-state index contributed by atoms with van der Waals surface area (Å²) >= 11 is 0. The smallest absolute Gasteiger partial charge is 0.143 e. The lowest BCUT2D eigenvalue weighted by Gasteiger charge is -2.27. The molecule has 0 atom stereocenters. The highest BCUT2D eigenvalue weighted by Gasteiger charge is 2.39. The highest BCUT2D eigenvalue weighted by Crippen LogP contribution is 2.57. The molecule has 1 aliphatic carbocycles. The fourth-order valence-electron chi connectivity index (χ4n) is 8.50. The van der Waals surface area contributed by atoms with Crippen LogP contribution in [-0.4, -0.2) is 0 Å². The zero-order chi connectivity index (χ0) is 30.6. The third-order valence-corrected chi connectivity index (χ3v) is 10.4. The lowest BCUT2D eigenvalue weighted by atomic mass is 9.76. The number of hydrogen-bond acceptors (Lipinski definition) is 1. The molecule has 0 saturated carbocycles. The molecule has 1 heterocycles. The average Bonchev–Trinajstić information content (AvgIpc) is 3.60. The molecule has 1 heteroatoms. The maximum absolute atomic E-state index is 6.71. The van der Waals surface area contributed by atoms with E-state index in [9.17, 15) is 0 Å². The maximum Gasteiger partial charge on any atom is 0.143 e. The predicted molar refractivity (Wildman–Crippen MR) is 195 cm³/mol. The number of hydrogen-bond donors (Lipinski definition) is 0. The van der Waals surface area contributed by atoms with Crippen molar-refractivity contribution >= 4 is 54.3 Å². The molecule has 0 bridgehead atoms. The second-order valence-electron chi connectivity index (χ2n) is 13.2. The van der Waals surface area contributed by atoms with E-state index >= 15 is 0 Å². The van der Waals surface area contributed by atoms with Gasteiger partial charge in [0.25, 0.3) is 0 Å². The van der Waals surface area contributed by atoms with E-state index < -0.39 is 0 Å². The standard InChI is InChI=1S/C45H30O/c1-45(2)38-22-12-10-21-35(38)42-33-24-25-34-28-16-11-13-23-39(28)46-44(34)36(33)26-37(43(42)45)41-31-19-8-6-17-29(31)40(27-14-4-3-5-15-27)30-18-7-9-20-32(30)41/h3-26H,1-2H3. The van der Waals surface area contributed by atoms with Gasteiger partial charge >= 0.3 is 0 Å². The summed E-state index contributed by atoms with van der Waals surface area (Å²) in [7, 11) is 0. The molecule has 0 N–H and O–H groups in total. The Bertz CT molecular complexity index is 2650. The molecule has 0 unspecified atom stereocenters. The first kappa shape index (κ1) is 25.6. The fourth-order valence-corrected chi connectivity index (χ4v) is 8.50. The minimum absolute atomic E-state index is 0.196. The third-order valence-electron chi connectivity index (χ3n) is 10.4. The van der Waals surface area contributed by atoms with E-state index in [0.717, 1.165) is 27.3 Å². The largest absolute Gasteiger partial charge is 0.455 e. The molecule has 0 amide bonds. The molecule has 0 radical (unpaired) electrons. The number of fused-ring (bicyclic) bond motifs is 11. The van der Waals surface area contributed by atoms with Crippen molar-refractivity contribution in [2.75, 3.05) is 0 Å². The predicted octanol–water partition coefficient (Wildman–Crippen LogP) is 12.7. The van der Waals surface area contributed by atoms with Gasteiger partial charge in [-0.2, -0.15) is 0 Å². The minimum atomic E-state index is -0.196. The highest BCUT2D eigenvalue weighted by molar-refractivity contribution is 6.25. The first-order valence-corrected chi connectivity index (χ1v) is 16.1. The number of furan rings is 1. The number of benzene rings is 8. The average molecular weight is 587 g/mol. The summed E-state index contributed by atoms with van der Waals surface area (Å²) in [5, 5.41) is 9.81. The van der Waals surface area contributed by atoms with Crippen LogP contribution in [0.15, 0.2) is 150 Å². The van der Waals surface area contributed by atoms with E-state index in [1.165, 1.54) is 71.4 Å². The van der Waals surface area contributed by atoms with Crippen molar-refractivity contribution in [2.45, 2.75) is 19.3 Å². The van der Waals surface area contributed by atoms with Gasteiger partial charge in [0.2, 0.25) is 0 Å². The monoisotopic (exact) mass is 586 g/mol. The molecule has 1 aromatic heterocycles.